The molecule has 2 atom stereocenters. The van der Waals surface area contributed by atoms with E-state index >= 15 is 0 Å². The van der Waals surface area contributed by atoms with Gasteiger partial charge in [0.15, 0.2) is 11.6 Å². The second-order valence-electron chi connectivity index (χ2n) is 10.1. The molecule has 1 aliphatic rings. The summed E-state index contributed by atoms with van der Waals surface area (Å²) in [6.45, 7) is 0.464. The highest BCUT2D eigenvalue weighted by atomic mass is 79.9. The number of aliphatic imine (C=N–C) groups is 1. The molecule has 0 aromatic heterocycles. The van der Waals surface area contributed by atoms with Crippen LogP contribution in [0.25, 0.3) is 10.4 Å². The first-order valence-electron chi connectivity index (χ1n) is 13.9. The van der Waals surface area contributed by atoms with Crippen molar-refractivity contribution in [3.8, 4) is 5.75 Å². The van der Waals surface area contributed by atoms with Gasteiger partial charge in [0.05, 0.1) is 6.61 Å². The zero-order valence-electron chi connectivity index (χ0n) is 23.6. The SMILES string of the molecule is [N-]=[N+]=Nc1ccccc1C[C@@]1(C(=O)NCc2cccc(F)c2)N=C(c2ccc(OCCCO)cc2)O[C@@H]1c1ccccc1Br. The van der Waals surface area contributed by atoms with Crippen LogP contribution in [-0.4, -0.2) is 35.7 Å². The van der Waals surface area contributed by atoms with Gasteiger partial charge in [-0.25, -0.2) is 9.38 Å². The normalized spacial score (nSPS) is 17.2. The fraction of sp³-hybridized carbons (Fsp3) is 0.212. The minimum absolute atomic E-state index is 0.0331. The number of amides is 1. The number of rotatable bonds is 12. The van der Waals surface area contributed by atoms with Crippen molar-refractivity contribution in [3.63, 3.8) is 0 Å². The molecule has 4 aromatic carbocycles. The first-order chi connectivity index (χ1) is 21.4. The van der Waals surface area contributed by atoms with Crippen LogP contribution in [0.4, 0.5) is 10.1 Å². The van der Waals surface area contributed by atoms with Crippen LogP contribution in [-0.2, 0) is 22.5 Å². The number of carbonyl (C=O) groups is 1. The van der Waals surface area contributed by atoms with Crippen molar-refractivity contribution in [2.75, 3.05) is 13.2 Å². The van der Waals surface area contributed by atoms with Crippen LogP contribution in [0.5, 0.6) is 5.75 Å². The summed E-state index contributed by atoms with van der Waals surface area (Å²) in [6, 6.07) is 27.6. The van der Waals surface area contributed by atoms with Crippen LogP contribution in [0.1, 0.15) is 34.8 Å². The number of aliphatic hydroxyl groups excluding tert-OH is 1. The molecule has 5 rings (SSSR count). The molecule has 224 valence electrons. The quantitative estimate of drug-likeness (QED) is 0.0728. The van der Waals surface area contributed by atoms with Crippen molar-refractivity contribution in [1.82, 2.24) is 5.32 Å². The molecule has 0 fully saturated rings. The van der Waals surface area contributed by atoms with Gasteiger partial charge in [0.1, 0.15) is 11.6 Å². The van der Waals surface area contributed by atoms with Gasteiger partial charge in [0.2, 0.25) is 5.90 Å². The monoisotopic (exact) mass is 657 g/mol. The lowest BCUT2D eigenvalue weighted by Gasteiger charge is -2.31. The molecule has 1 heterocycles. The fourth-order valence-corrected chi connectivity index (χ4v) is 5.52. The zero-order chi connectivity index (χ0) is 30.9. The summed E-state index contributed by atoms with van der Waals surface area (Å²) in [7, 11) is 0. The van der Waals surface area contributed by atoms with Gasteiger partial charge < -0.3 is 19.9 Å². The van der Waals surface area contributed by atoms with Crippen molar-refractivity contribution in [1.29, 1.82) is 0 Å². The maximum atomic E-state index is 14.4. The molecule has 2 N–H and O–H groups in total. The second-order valence-corrected chi connectivity index (χ2v) is 11.0. The average molecular weight is 659 g/mol. The summed E-state index contributed by atoms with van der Waals surface area (Å²) < 4.78 is 26.9. The van der Waals surface area contributed by atoms with Gasteiger partial charge in [-0.3, -0.25) is 4.79 Å². The van der Waals surface area contributed by atoms with E-state index in [1.165, 1.54) is 12.1 Å². The van der Waals surface area contributed by atoms with Crippen molar-refractivity contribution in [3.05, 3.63) is 140 Å². The van der Waals surface area contributed by atoms with Gasteiger partial charge in [-0.15, -0.1) is 0 Å². The Bertz CT molecular complexity index is 1710. The molecule has 9 nitrogen and oxygen atoms in total. The molecule has 0 saturated heterocycles. The molecule has 0 aliphatic carbocycles. The standard InChI is InChI=1S/C33H29BrFN5O4/c34-28-11-3-2-10-27(28)30-33(20-24-8-1-4-12-29(24)39-40-36,32(42)37-21-22-7-5-9-25(35)19-22)38-31(44-30)23-13-15-26(16-14-23)43-18-6-17-41/h1-5,7-16,19,30,41H,6,17-18,20-21H2,(H,37,42)/t30-,33-/m1/s1. The van der Waals surface area contributed by atoms with Crippen LogP contribution in [0, 0.1) is 5.82 Å². The van der Waals surface area contributed by atoms with Crippen molar-refractivity contribution in [2.45, 2.75) is 31.0 Å². The van der Waals surface area contributed by atoms with Crippen molar-refractivity contribution >= 4 is 33.4 Å². The maximum absolute atomic E-state index is 14.4. The van der Waals surface area contributed by atoms with E-state index < -0.39 is 23.4 Å². The third-order valence-corrected chi connectivity index (χ3v) is 7.89. The molecule has 1 aliphatic heterocycles. The molecular weight excluding hydrogens is 629 g/mol. The van der Waals surface area contributed by atoms with E-state index in [1.807, 2.05) is 24.3 Å². The molecule has 0 radical (unpaired) electrons. The van der Waals surface area contributed by atoms with Crippen LogP contribution in [0.15, 0.2) is 112 Å². The highest BCUT2D eigenvalue weighted by Crippen LogP contribution is 2.45. The molecule has 1 amide bonds. The van der Waals surface area contributed by atoms with E-state index in [0.29, 0.717) is 46.7 Å². The van der Waals surface area contributed by atoms with Crippen molar-refractivity contribution < 1.29 is 23.8 Å². The Morgan fingerprint density at radius 1 is 1.09 bits per heavy atom. The Morgan fingerprint density at radius 2 is 1.86 bits per heavy atom. The topological polar surface area (TPSA) is 129 Å². The predicted octanol–water partition coefficient (Wildman–Crippen LogP) is 7.11. The zero-order valence-corrected chi connectivity index (χ0v) is 25.2. The van der Waals surface area contributed by atoms with Crippen LogP contribution < -0.4 is 10.1 Å². The second kappa shape index (κ2) is 14.2. The summed E-state index contributed by atoms with van der Waals surface area (Å²) in [5, 5.41) is 15.9. The van der Waals surface area contributed by atoms with Gasteiger partial charge in [-0.2, -0.15) is 0 Å². The van der Waals surface area contributed by atoms with Crippen LogP contribution >= 0.6 is 15.9 Å². The van der Waals surface area contributed by atoms with Crippen molar-refractivity contribution in [2.24, 2.45) is 10.1 Å². The summed E-state index contributed by atoms with van der Waals surface area (Å²) in [4.78, 5) is 22.4. The summed E-state index contributed by atoms with van der Waals surface area (Å²) in [6.07, 6.45) is -0.342. The molecule has 0 bridgehead atoms. The van der Waals surface area contributed by atoms with Gasteiger partial charge >= 0.3 is 0 Å². The minimum Gasteiger partial charge on any atom is -0.494 e. The number of benzene rings is 4. The fourth-order valence-electron chi connectivity index (χ4n) is 5.03. The first-order valence-corrected chi connectivity index (χ1v) is 14.7. The van der Waals surface area contributed by atoms with Gasteiger partial charge in [0, 0.05) is 52.2 Å². The highest BCUT2D eigenvalue weighted by Gasteiger charge is 2.54. The van der Waals surface area contributed by atoms with Gasteiger partial charge in [-0.1, -0.05) is 75.6 Å². The number of azide groups is 1. The molecule has 0 saturated carbocycles. The molecule has 44 heavy (non-hydrogen) atoms. The smallest absolute Gasteiger partial charge is 0.252 e. The Morgan fingerprint density at radius 3 is 2.61 bits per heavy atom. The lowest BCUT2D eigenvalue weighted by Crippen LogP contribution is -2.49. The molecule has 4 aromatic rings. The molecule has 0 spiro atoms. The molecular formula is C33H29BrFN5O4. The summed E-state index contributed by atoms with van der Waals surface area (Å²) in [5.74, 6) is 0.00623. The third kappa shape index (κ3) is 6.92. The number of carbonyl (C=O) groups excluding carboxylic acids is 1. The number of aliphatic hydroxyl groups is 1. The lowest BCUT2D eigenvalue weighted by atomic mass is 9.81. The minimum atomic E-state index is -1.55. The van der Waals surface area contributed by atoms with Crippen LogP contribution in [0.3, 0.4) is 0 Å². The average Bonchev–Trinajstić information content (AvgIpc) is 3.42. The van der Waals surface area contributed by atoms with Crippen LogP contribution in [0.2, 0.25) is 0 Å². The van der Waals surface area contributed by atoms with Gasteiger partial charge in [0.25, 0.3) is 5.91 Å². The largest absolute Gasteiger partial charge is 0.494 e. The predicted molar refractivity (Wildman–Crippen MR) is 168 cm³/mol. The summed E-state index contributed by atoms with van der Waals surface area (Å²) >= 11 is 3.63. The Hall–Kier alpha value is -4.70. The Balaban J connectivity index is 1.61. The van der Waals surface area contributed by atoms with E-state index in [4.69, 9.17) is 19.6 Å². The Labute approximate surface area is 262 Å². The maximum Gasteiger partial charge on any atom is 0.252 e. The first kappa shape index (κ1) is 30.7. The summed E-state index contributed by atoms with van der Waals surface area (Å²) in [5.41, 5.74) is 10.5. The van der Waals surface area contributed by atoms with Gasteiger partial charge in [-0.05, 0) is 59.1 Å². The number of nitrogens with one attached hydrogen (secondary N) is 1. The number of ether oxygens (including phenoxy) is 2. The number of hydrogen-bond acceptors (Lipinski definition) is 6. The van der Waals surface area contributed by atoms with E-state index in [1.54, 1.807) is 60.7 Å². The number of hydrogen-bond donors (Lipinski definition) is 2. The van der Waals surface area contributed by atoms with E-state index in [2.05, 4.69) is 31.3 Å². The highest BCUT2D eigenvalue weighted by molar-refractivity contribution is 9.10. The third-order valence-electron chi connectivity index (χ3n) is 7.16. The van der Waals surface area contributed by atoms with E-state index in [0.717, 1.165) is 4.47 Å². The van der Waals surface area contributed by atoms with E-state index in [-0.39, 0.29) is 25.5 Å². The van der Waals surface area contributed by atoms with E-state index in [9.17, 15) is 14.7 Å². The number of halogens is 2. The number of nitrogens with zero attached hydrogens (tertiary/aromatic N) is 4. The molecule has 0 unspecified atom stereocenters. The molecule has 11 heteroatoms. The lowest BCUT2D eigenvalue weighted by molar-refractivity contribution is -0.129. The Kier molecular flexibility index (Phi) is 9.91.